The van der Waals surface area contributed by atoms with Crippen molar-refractivity contribution in [1.82, 2.24) is 5.32 Å². The Morgan fingerprint density at radius 3 is 2.16 bits per heavy atom. The van der Waals surface area contributed by atoms with E-state index < -0.39 is 11.7 Å². The molecule has 0 fully saturated rings. The molecular weight excluding hydrogens is 326 g/mol. The molecule has 0 aromatic carbocycles. The second kappa shape index (κ2) is 15.0. The normalized spacial score (nSPS) is 11.2. The lowest BCUT2D eigenvalue weighted by molar-refractivity contribution is -0.145. The van der Waals surface area contributed by atoms with Crippen LogP contribution in [0.2, 0.25) is 0 Å². The Bertz CT molecular complexity index is 354. The predicted octanol–water partition coefficient (Wildman–Crippen LogP) is 3.06. The number of hydrogen-bond donors (Lipinski definition) is 1. The summed E-state index contributed by atoms with van der Waals surface area (Å²) in [7, 11) is 0. The molecule has 0 aliphatic heterocycles. The van der Waals surface area contributed by atoms with E-state index in [1.807, 2.05) is 20.8 Å². The Hall–Kier alpha value is -1.34. The zero-order chi connectivity index (χ0) is 19.0. The third kappa shape index (κ3) is 18.8. The third-order valence-electron chi connectivity index (χ3n) is 3.01. The van der Waals surface area contributed by atoms with Gasteiger partial charge in [-0.05, 0) is 27.2 Å². The third-order valence-corrected chi connectivity index (χ3v) is 3.01. The van der Waals surface area contributed by atoms with Crippen molar-refractivity contribution in [2.24, 2.45) is 0 Å². The molecule has 0 rings (SSSR count). The Morgan fingerprint density at radius 2 is 1.52 bits per heavy atom. The first-order valence-electron chi connectivity index (χ1n) is 9.13. The summed E-state index contributed by atoms with van der Waals surface area (Å²) in [6.07, 6.45) is 4.30. The van der Waals surface area contributed by atoms with Crippen LogP contribution < -0.4 is 5.32 Å². The van der Waals surface area contributed by atoms with Gasteiger partial charge in [-0.1, -0.05) is 26.2 Å². The molecule has 0 aromatic heterocycles. The zero-order valence-electron chi connectivity index (χ0n) is 16.2. The van der Waals surface area contributed by atoms with Crippen LogP contribution in [0.3, 0.4) is 0 Å². The van der Waals surface area contributed by atoms with E-state index >= 15 is 0 Å². The van der Waals surface area contributed by atoms with Crippen molar-refractivity contribution in [2.45, 2.75) is 65.4 Å². The van der Waals surface area contributed by atoms with Gasteiger partial charge in [-0.15, -0.1) is 0 Å². The van der Waals surface area contributed by atoms with Crippen LogP contribution in [0.4, 0.5) is 4.79 Å². The fraction of sp³-hybridized carbons (Fsp3) is 0.889. The largest absolute Gasteiger partial charge is 0.463 e. The number of alkyl carbamates (subject to hydrolysis) is 1. The summed E-state index contributed by atoms with van der Waals surface area (Å²) in [5.74, 6) is -0.163. The smallest absolute Gasteiger partial charge is 0.407 e. The summed E-state index contributed by atoms with van der Waals surface area (Å²) in [6, 6.07) is 0. The highest BCUT2D eigenvalue weighted by Gasteiger charge is 2.15. The number of nitrogens with one attached hydrogen (secondary N) is 1. The van der Waals surface area contributed by atoms with E-state index in [2.05, 4.69) is 12.2 Å². The van der Waals surface area contributed by atoms with Gasteiger partial charge in [0.25, 0.3) is 0 Å². The van der Waals surface area contributed by atoms with Crippen molar-refractivity contribution >= 4 is 12.1 Å². The predicted molar refractivity (Wildman–Crippen MR) is 95.6 cm³/mol. The Kier molecular flexibility index (Phi) is 14.2. The first kappa shape index (κ1) is 23.7. The van der Waals surface area contributed by atoms with E-state index in [-0.39, 0.29) is 12.6 Å². The van der Waals surface area contributed by atoms with Gasteiger partial charge < -0.3 is 24.3 Å². The van der Waals surface area contributed by atoms with E-state index in [0.29, 0.717) is 39.4 Å². The van der Waals surface area contributed by atoms with Crippen LogP contribution in [0.25, 0.3) is 0 Å². The van der Waals surface area contributed by atoms with E-state index in [1.165, 1.54) is 0 Å². The molecule has 0 aliphatic carbocycles. The van der Waals surface area contributed by atoms with Gasteiger partial charge in [-0.3, -0.25) is 4.79 Å². The second-order valence-electron chi connectivity index (χ2n) is 6.68. The number of carbonyl (C=O) groups excluding carboxylic acids is 2. The molecule has 0 bridgehead atoms. The van der Waals surface area contributed by atoms with Crippen molar-refractivity contribution in [3.8, 4) is 0 Å². The van der Waals surface area contributed by atoms with E-state index in [0.717, 1.165) is 25.7 Å². The van der Waals surface area contributed by atoms with Crippen molar-refractivity contribution in [1.29, 1.82) is 0 Å². The minimum absolute atomic E-state index is 0.163. The van der Waals surface area contributed by atoms with Crippen LogP contribution in [0.5, 0.6) is 0 Å². The molecule has 0 aliphatic rings. The summed E-state index contributed by atoms with van der Waals surface area (Å²) < 4.78 is 20.8. The molecule has 0 saturated carbocycles. The Balaban J connectivity index is 3.28. The zero-order valence-corrected chi connectivity index (χ0v) is 16.2. The van der Waals surface area contributed by atoms with Crippen molar-refractivity contribution in [2.75, 3.05) is 39.6 Å². The average Bonchev–Trinajstić information content (AvgIpc) is 2.51. The SMILES string of the molecule is CCCCCCC(=O)OCCOCCOCCNC(=O)OC(C)(C)C. The summed E-state index contributed by atoms with van der Waals surface area (Å²) >= 11 is 0. The highest BCUT2D eigenvalue weighted by Crippen LogP contribution is 2.06. The number of hydrogen-bond acceptors (Lipinski definition) is 6. The maximum atomic E-state index is 11.4. The Labute approximate surface area is 151 Å². The fourth-order valence-corrected chi connectivity index (χ4v) is 1.84. The average molecular weight is 361 g/mol. The Morgan fingerprint density at radius 1 is 0.880 bits per heavy atom. The number of rotatable bonds is 14. The minimum atomic E-state index is -0.502. The van der Waals surface area contributed by atoms with Gasteiger partial charge >= 0.3 is 12.1 Å². The molecule has 0 radical (unpaired) electrons. The summed E-state index contributed by atoms with van der Waals surface area (Å²) in [5.41, 5.74) is -0.502. The molecule has 148 valence electrons. The summed E-state index contributed by atoms with van der Waals surface area (Å²) in [6.45, 7) is 9.80. The molecule has 0 saturated heterocycles. The topological polar surface area (TPSA) is 83.1 Å². The number of carbonyl (C=O) groups is 2. The van der Waals surface area contributed by atoms with E-state index in [1.54, 1.807) is 0 Å². The van der Waals surface area contributed by atoms with Gasteiger partial charge in [-0.25, -0.2) is 4.79 Å². The molecule has 25 heavy (non-hydrogen) atoms. The fourth-order valence-electron chi connectivity index (χ4n) is 1.84. The molecule has 0 atom stereocenters. The van der Waals surface area contributed by atoms with Gasteiger partial charge in [0, 0.05) is 13.0 Å². The molecule has 0 aromatic rings. The molecule has 7 heteroatoms. The minimum Gasteiger partial charge on any atom is -0.463 e. The van der Waals surface area contributed by atoms with E-state index in [4.69, 9.17) is 18.9 Å². The van der Waals surface area contributed by atoms with Crippen LogP contribution in [0, 0.1) is 0 Å². The van der Waals surface area contributed by atoms with Crippen molar-refractivity contribution < 1.29 is 28.5 Å². The van der Waals surface area contributed by atoms with Gasteiger partial charge in [0.1, 0.15) is 12.2 Å². The lowest BCUT2D eigenvalue weighted by atomic mass is 10.2. The van der Waals surface area contributed by atoms with Crippen molar-refractivity contribution in [3.63, 3.8) is 0 Å². The highest BCUT2D eigenvalue weighted by atomic mass is 16.6. The molecule has 1 N–H and O–H groups in total. The molecule has 0 spiro atoms. The monoisotopic (exact) mass is 361 g/mol. The summed E-state index contributed by atoms with van der Waals surface area (Å²) in [5, 5.41) is 2.60. The number of unbranched alkanes of at least 4 members (excludes halogenated alkanes) is 3. The van der Waals surface area contributed by atoms with Crippen LogP contribution >= 0.6 is 0 Å². The van der Waals surface area contributed by atoms with Gasteiger partial charge in [0.2, 0.25) is 0 Å². The summed E-state index contributed by atoms with van der Waals surface area (Å²) in [4.78, 5) is 22.8. The number of ether oxygens (including phenoxy) is 4. The molecule has 1 amide bonds. The van der Waals surface area contributed by atoms with Crippen molar-refractivity contribution in [3.05, 3.63) is 0 Å². The first-order valence-corrected chi connectivity index (χ1v) is 9.13. The van der Waals surface area contributed by atoms with Crippen LogP contribution in [0.15, 0.2) is 0 Å². The van der Waals surface area contributed by atoms with Crippen LogP contribution in [-0.4, -0.2) is 57.2 Å². The van der Waals surface area contributed by atoms with Crippen LogP contribution in [-0.2, 0) is 23.7 Å². The number of amides is 1. The van der Waals surface area contributed by atoms with Crippen LogP contribution in [0.1, 0.15) is 59.8 Å². The highest BCUT2D eigenvalue weighted by molar-refractivity contribution is 5.69. The quantitative estimate of drug-likeness (QED) is 0.378. The van der Waals surface area contributed by atoms with Gasteiger partial charge in [0.15, 0.2) is 0 Å². The molecule has 7 nitrogen and oxygen atoms in total. The van der Waals surface area contributed by atoms with Gasteiger partial charge in [-0.2, -0.15) is 0 Å². The first-order chi connectivity index (χ1) is 11.8. The maximum Gasteiger partial charge on any atom is 0.407 e. The molecule has 0 unspecified atom stereocenters. The lowest BCUT2D eigenvalue weighted by Gasteiger charge is -2.19. The molecular formula is C18H35NO6. The van der Waals surface area contributed by atoms with E-state index in [9.17, 15) is 9.59 Å². The molecule has 0 heterocycles. The maximum absolute atomic E-state index is 11.4. The lowest BCUT2D eigenvalue weighted by Crippen LogP contribution is -2.34. The van der Waals surface area contributed by atoms with Gasteiger partial charge in [0.05, 0.1) is 26.4 Å². The second-order valence-corrected chi connectivity index (χ2v) is 6.68. The standard InChI is InChI=1S/C18H35NO6/c1-5-6-7-8-9-16(20)24-15-14-23-13-12-22-11-10-19-17(21)25-18(2,3)4/h5-15H2,1-4H3,(H,19,21). The number of esters is 1.